The highest BCUT2D eigenvalue weighted by Gasteiger charge is 2.12. The molecule has 1 heterocycles. The first-order valence-electron chi connectivity index (χ1n) is 7.15. The molecule has 1 atom stereocenters. The molecule has 22 heavy (non-hydrogen) atoms. The van der Waals surface area contributed by atoms with Crippen molar-refractivity contribution in [3.63, 3.8) is 0 Å². The van der Waals surface area contributed by atoms with Crippen molar-refractivity contribution in [2.75, 3.05) is 6.54 Å². The molecule has 0 fully saturated rings. The summed E-state index contributed by atoms with van der Waals surface area (Å²) in [5.41, 5.74) is 1.71. The summed E-state index contributed by atoms with van der Waals surface area (Å²) in [7, 11) is 0. The van der Waals surface area contributed by atoms with E-state index in [-0.39, 0.29) is 5.91 Å². The summed E-state index contributed by atoms with van der Waals surface area (Å²) in [5, 5.41) is 15.2. The molecule has 0 spiro atoms. The average molecular weight is 336 g/mol. The number of nitrogens with zero attached hydrogens (tertiary/aromatic N) is 1. The van der Waals surface area contributed by atoms with E-state index < -0.39 is 6.10 Å². The van der Waals surface area contributed by atoms with Gasteiger partial charge in [-0.2, -0.15) is 0 Å². The molecule has 0 aliphatic carbocycles. The summed E-state index contributed by atoms with van der Waals surface area (Å²) < 4.78 is 0. The lowest BCUT2D eigenvalue weighted by Crippen LogP contribution is -2.26. The Kier molecular flexibility index (Phi) is 6.42. The Morgan fingerprint density at radius 2 is 2.23 bits per heavy atom. The van der Waals surface area contributed by atoms with E-state index in [9.17, 15) is 9.90 Å². The van der Waals surface area contributed by atoms with E-state index in [0.29, 0.717) is 18.5 Å². The Bertz CT molecular complexity index is 626. The van der Waals surface area contributed by atoms with Crippen LogP contribution >= 0.6 is 23.1 Å². The van der Waals surface area contributed by atoms with E-state index >= 15 is 0 Å². The Balaban J connectivity index is 1.98. The summed E-state index contributed by atoms with van der Waals surface area (Å²) in [6.45, 7) is 4.18. The molecule has 0 aliphatic rings. The number of hydrogen-bond donors (Lipinski definition) is 2. The van der Waals surface area contributed by atoms with E-state index in [1.807, 2.05) is 36.6 Å². The number of aromatic nitrogens is 1. The zero-order chi connectivity index (χ0) is 15.9. The number of thiazole rings is 1. The van der Waals surface area contributed by atoms with Crippen LogP contribution < -0.4 is 5.32 Å². The van der Waals surface area contributed by atoms with Gasteiger partial charge in [-0.1, -0.05) is 12.1 Å². The monoisotopic (exact) mass is 336 g/mol. The van der Waals surface area contributed by atoms with E-state index in [4.69, 9.17) is 0 Å². The van der Waals surface area contributed by atoms with Gasteiger partial charge in [0.2, 0.25) is 0 Å². The predicted molar refractivity (Wildman–Crippen MR) is 91.5 cm³/mol. The van der Waals surface area contributed by atoms with Gasteiger partial charge in [0, 0.05) is 22.6 Å². The number of carbonyl (C=O) groups excluding carboxylic acids is 1. The van der Waals surface area contributed by atoms with Crippen molar-refractivity contribution in [2.24, 2.45) is 0 Å². The van der Waals surface area contributed by atoms with Gasteiger partial charge in [-0.05, 0) is 32.4 Å². The fourth-order valence-corrected chi connectivity index (χ4v) is 3.56. The summed E-state index contributed by atoms with van der Waals surface area (Å²) in [6.07, 6.45) is 0.150. The number of aliphatic hydroxyl groups excluding tert-OH is 1. The number of benzene rings is 1. The third-order valence-electron chi connectivity index (χ3n) is 3.02. The predicted octanol–water partition coefficient (Wildman–Crippen LogP) is 3.24. The number of rotatable bonds is 7. The molecule has 118 valence electrons. The number of carbonyl (C=O) groups is 1. The smallest absolute Gasteiger partial charge is 0.252 e. The van der Waals surface area contributed by atoms with Crippen molar-refractivity contribution in [3.05, 3.63) is 45.9 Å². The number of nitrogens with one attached hydrogen (secondary N) is 1. The van der Waals surface area contributed by atoms with Crippen molar-refractivity contribution in [2.45, 2.75) is 37.0 Å². The van der Waals surface area contributed by atoms with Gasteiger partial charge in [0.1, 0.15) is 0 Å². The van der Waals surface area contributed by atoms with Crippen molar-refractivity contribution >= 4 is 29.0 Å². The zero-order valence-electron chi connectivity index (χ0n) is 12.7. The summed E-state index contributed by atoms with van der Waals surface area (Å²) in [5.74, 6) is 0.653. The molecule has 0 saturated carbocycles. The molecule has 6 heteroatoms. The van der Waals surface area contributed by atoms with Gasteiger partial charge < -0.3 is 10.4 Å². The van der Waals surface area contributed by atoms with Crippen LogP contribution in [-0.4, -0.2) is 28.6 Å². The van der Waals surface area contributed by atoms with Crippen molar-refractivity contribution < 1.29 is 9.90 Å². The zero-order valence-corrected chi connectivity index (χ0v) is 14.3. The van der Waals surface area contributed by atoms with E-state index in [2.05, 4.69) is 10.3 Å². The summed E-state index contributed by atoms with van der Waals surface area (Å²) >= 11 is 3.25. The highest BCUT2D eigenvalue weighted by atomic mass is 32.2. The first kappa shape index (κ1) is 17.0. The third-order valence-corrected chi connectivity index (χ3v) is 4.95. The van der Waals surface area contributed by atoms with Gasteiger partial charge in [-0.3, -0.25) is 4.79 Å². The molecule has 1 aromatic heterocycles. The summed E-state index contributed by atoms with van der Waals surface area (Å²) in [6, 6.07) is 7.57. The van der Waals surface area contributed by atoms with Crippen LogP contribution in [0.15, 0.2) is 34.5 Å². The minimum Gasteiger partial charge on any atom is -0.393 e. The molecule has 1 amide bonds. The van der Waals surface area contributed by atoms with Crippen molar-refractivity contribution in [1.82, 2.24) is 10.3 Å². The Morgan fingerprint density at radius 3 is 2.91 bits per heavy atom. The average Bonchev–Trinajstić information content (AvgIpc) is 2.90. The van der Waals surface area contributed by atoms with Crippen LogP contribution in [0.1, 0.15) is 34.4 Å². The number of amides is 1. The largest absolute Gasteiger partial charge is 0.393 e. The fraction of sp³-hybridized carbons (Fsp3) is 0.375. The Labute approximate surface area is 139 Å². The first-order valence-corrected chi connectivity index (χ1v) is 9.02. The molecule has 4 nitrogen and oxygen atoms in total. The van der Waals surface area contributed by atoms with E-state index in [0.717, 1.165) is 21.3 Å². The normalized spacial score (nSPS) is 12.1. The quantitative estimate of drug-likeness (QED) is 0.762. The molecule has 0 radical (unpaired) electrons. The molecular formula is C16H20N2O2S2. The fourth-order valence-electron chi connectivity index (χ4n) is 1.90. The highest BCUT2D eigenvalue weighted by molar-refractivity contribution is 7.98. The number of aliphatic hydroxyl groups is 1. The standard InChI is InChI=1S/C16H20N2O2S2/c1-11(19)7-8-17-16(20)14-5-3-4-6-15(14)22-10-13-9-21-12(2)18-13/h3-6,9,11,19H,7-8,10H2,1-2H3,(H,17,20). The van der Waals surface area contributed by atoms with Crippen LogP contribution in [0.3, 0.4) is 0 Å². The third kappa shape index (κ3) is 5.12. The van der Waals surface area contributed by atoms with Gasteiger partial charge in [0.25, 0.3) is 5.91 Å². The van der Waals surface area contributed by atoms with Crippen LogP contribution in [0, 0.1) is 6.92 Å². The van der Waals surface area contributed by atoms with Gasteiger partial charge in [0.05, 0.1) is 22.4 Å². The lowest BCUT2D eigenvalue weighted by atomic mass is 10.2. The minimum absolute atomic E-state index is 0.0989. The first-order chi connectivity index (χ1) is 10.6. The lowest BCUT2D eigenvalue weighted by molar-refractivity contribution is 0.0942. The van der Waals surface area contributed by atoms with Crippen LogP contribution in [0.4, 0.5) is 0 Å². The molecule has 2 aromatic rings. The van der Waals surface area contributed by atoms with Gasteiger partial charge in [-0.25, -0.2) is 4.98 Å². The molecule has 2 N–H and O–H groups in total. The number of hydrogen-bond acceptors (Lipinski definition) is 5. The maximum Gasteiger partial charge on any atom is 0.252 e. The van der Waals surface area contributed by atoms with Gasteiger partial charge >= 0.3 is 0 Å². The molecule has 2 rings (SSSR count). The van der Waals surface area contributed by atoms with Crippen LogP contribution in [-0.2, 0) is 5.75 Å². The Hall–Kier alpha value is -1.37. The van der Waals surface area contributed by atoms with Crippen molar-refractivity contribution in [1.29, 1.82) is 0 Å². The second-order valence-electron chi connectivity index (χ2n) is 5.04. The van der Waals surface area contributed by atoms with Crippen molar-refractivity contribution in [3.8, 4) is 0 Å². The Morgan fingerprint density at radius 1 is 1.45 bits per heavy atom. The van der Waals surface area contributed by atoms with Gasteiger partial charge in [0.15, 0.2) is 0 Å². The molecule has 0 aliphatic heterocycles. The maximum atomic E-state index is 12.2. The van der Waals surface area contributed by atoms with Gasteiger partial charge in [-0.15, -0.1) is 23.1 Å². The molecule has 1 aromatic carbocycles. The van der Waals surface area contributed by atoms with Crippen LogP contribution in [0.25, 0.3) is 0 Å². The SMILES string of the molecule is Cc1nc(CSc2ccccc2C(=O)NCCC(C)O)cs1. The number of aryl methyl sites for hydroxylation is 1. The second kappa shape index (κ2) is 8.31. The summed E-state index contributed by atoms with van der Waals surface area (Å²) in [4.78, 5) is 17.6. The van der Waals surface area contributed by atoms with Crippen LogP contribution in [0.5, 0.6) is 0 Å². The van der Waals surface area contributed by atoms with E-state index in [1.54, 1.807) is 30.0 Å². The maximum absolute atomic E-state index is 12.2. The van der Waals surface area contributed by atoms with Crippen LogP contribution in [0.2, 0.25) is 0 Å². The molecule has 0 saturated heterocycles. The van der Waals surface area contributed by atoms with E-state index in [1.165, 1.54) is 0 Å². The molecular weight excluding hydrogens is 316 g/mol. The lowest BCUT2D eigenvalue weighted by Gasteiger charge is -2.10. The molecule has 0 bridgehead atoms. The number of thioether (sulfide) groups is 1. The second-order valence-corrected chi connectivity index (χ2v) is 7.12. The minimum atomic E-state index is -0.405. The highest BCUT2D eigenvalue weighted by Crippen LogP contribution is 2.26. The topological polar surface area (TPSA) is 62.2 Å². The molecule has 1 unspecified atom stereocenters.